The van der Waals surface area contributed by atoms with E-state index in [2.05, 4.69) is 5.32 Å². The molecule has 2 atom stereocenters. The molecule has 0 saturated carbocycles. The van der Waals surface area contributed by atoms with E-state index in [1.165, 1.54) is 0 Å². The highest BCUT2D eigenvalue weighted by molar-refractivity contribution is 5.79. The third kappa shape index (κ3) is 4.64. The molecule has 0 aliphatic heterocycles. The minimum absolute atomic E-state index is 0.0396. The molecule has 0 aromatic heterocycles. The van der Waals surface area contributed by atoms with Crippen molar-refractivity contribution < 1.29 is 9.90 Å². The third-order valence-electron chi connectivity index (χ3n) is 4.17. The predicted octanol–water partition coefficient (Wildman–Crippen LogP) is 2.76. The minimum atomic E-state index is -0.855. The van der Waals surface area contributed by atoms with Crippen molar-refractivity contribution in [1.29, 1.82) is 0 Å². The van der Waals surface area contributed by atoms with Gasteiger partial charge in [-0.05, 0) is 37.8 Å². The van der Waals surface area contributed by atoms with Gasteiger partial charge in [0.1, 0.15) is 0 Å². The largest absolute Gasteiger partial charge is 0.388 e. The second kappa shape index (κ2) is 6.89. The van der Waals surface area contributed by atoms with E-state index in [0.717, 1.165) is 23.1 Å². The Morgan fingerprint density at radius 1 is 1.40 bits per heavy atom. The van der Waals surface area contributed by atoms with Crippen molar-refractivity contribution in [3.05, 3.63) is 34.9 Å². The van der Waals surface area contributed by atoms with Gasteiger partial charge in [0.25, 0.3) is 0 Å². The SMILES string of the molecule is CCC(C)C(C)(O)CNC(=O)Cc1cc(C)ccc1C. The first-order valence-electron chi connectivity index (χ1n) is 7.31. The Kier molecular flexibility index (Phi) is 5.75. The van der Waals surface area contributed by atoms with Gasteiger partial charge in [0.15, 0.2) is 0 Å². The average Bonchev–Trinajstić information content (AvgIpc) is 2.39. The number of nitrogens with one attached hydrogen (secondary N) is 1. The zero-order valence-electron chi connectivity index (χ0n) is 13.3. The van der Waals surface area contributed by atoms with Crippen LogP contribution in [0.2, 0.25) is 0 Å². The number of amides is 1. The van der Waals surface area contributed by atoms with E-state index >= 15 is 0 Å². The van der Waals surface area contributed by atoms with Crippen molar-refractivity contribution in [3.63, 3.8) is 0 Å². The summed E-state index contributed by atoms with van der Waals surface area (Å²) in [6.45, 7) is 10.1. The molecule has 112 valence electrons. The summed E-state index contributed by atoms with van der Waals surface area (Å²) in [4.78, 5) is 12.0. The second-order valence-corrected chi connectivity index (χ2v) is 6.05. The number of hydrogen-bond donors (Lipinski definition) is 2. The van der Waals surface area contributed by atoms with Gasteiger partial charge in [-0.15, -0.1) is 0 Å². The predicted molar refractivity (Wildman–Crippen MR) is 82.7 cm³/mol. The van der Waals surface area contributed by atoms with Crippen LogP contribution in [-0.2, 0) is 11.2 Å². The van der Waals surface area contributed by atoms with Crippen LogP contribution in [0.25, 0.3) is 0 Å². The fourth-order valence-electron chi connectivity index (χ4n) is 2.12. The van der Waals surface area contributed by atoms with Crippen LogP contribution in [0, 0.1) is 19.8 Å². The number of benzene rings is 1. The van der Waals surface area contributed by atoms with Crippen molar-refractivity contribution >= 4 is 5.91 Å². The summed E-state index contributed by atoms with van der Waals surface area (Å²) in [5, 5.41) is 13.1. The highest BCUT2D eigenvalue weighted by atomic mass is 16.3. The maximum atomic E-state index is 12.0. The van der Waals surface area contributed by atoms with Gasteiger partial charge < -0.3 is 10.4 Å². The Morgan fingerprint density at radius 3 is 2.65 bits per heavy atom. The summed E-state index contributed by atoms with van der Waals surface area (Å²) < 4.78 is 0. The van der Waals surface area contributed by atoms with Gasteiger partial charge in [0, 0.05) is 6.54 Å². The van der Waals surface area contributed by atoms with Gasteiger partial charge >= 0.3 is 0 Å². The summed E-state index contributed by atoms with van der Waals surface area (Å²) >= 11 is 0. The molecule has 0 bridgehead atoms. The molecule has 0 spiro atoms. The van der Waals surface area contributed by atoms with Gasteiger partial charge in [-0.3, -0.25) is 4.79 Å². The van der Waals surface area contributed by atoms with Gasteiger partial charge in [-0.1, -0.05) is 44.0 Å². The normalized spacial score (nSPS) is 15.5. The molecule has 0 heterocycles. The quantitative estimate of drug-likeness (QED) is 0.840. The Balaban J connectivity index is 2.58. The molecule has 20 heavy (non-hydrogen) atoms. The van der Waals surface area contributed by atoms with Crippen LogP contribution in [-0.4, -0.2) is 23.2 Å². The first-order chi connectivity index (χ1) is 9.26. The number of carbonyl (C=O) groups excluding carboxylic acids is 1. The molecule has 1 amide bonds. The molecule has 1 aromatic rings. The molecule has 3 heteroatoms. The highest BCUT2D eigenvalue weighted by Crippen LogP contribution is 2.19. The van der Waals surface area contributed by atoms with E-state index in [0.29, 0.717) is 13.0 Å². The molecule has 0 aliphatic carbocycles. The summed E-state index contributed by atoms with van der Waals surface area (Å²) in [6.07, 6.45) is 1.25. The monoisotopic (exact) mass is 277 g/mol. The molecule has 2 N–H and O–H groups in total. The van der Waals surface area contributed by atoms with Crippen molar-refractivity contribution in [2.75, 3.05) is 6.54 Å². The Bertz CT molecular complexity index is 466. The standard InChI is InChI=1S/C17H27NO2/c1-6-14(4)17(5,20)11-18-16(19)10-15-9-12(2)7-8-13(15)3/h7-9,14,20H,6,10-11H2,1-5H3,(H,18,19). The van der Waals surface area contributed by atoms with E-state index in [1.54, 1.807) is 6.92 Å². The summed E-state index contributed by atoms with van der Waals surface area (Å²) in [5.41, 5.74) is 2.47. The first-order valence-corrected chi connectivity index (χ1v) is 7.31. The molecular formula is C17H27NO2. The molecule has 0 radical (unpaired) electrons. The van der Waals surface area contributed by atoms with Crippen LogP contribution in [0.5, 0.6) is 0 Å². The minimum Gasteiger partial charge on any atom is -0.388 e. The number of carbonyl (C=O) groups is 1. The number of aliphatic hydroxyl groups is 1. The molecule has 2 unspecified atom stereocenters. The lowest BCUT2D eigenvalue weighted by molar-refractivity contribution is -0.122. The van der Waals surface area contributed by atoms with Gasteiger partial charge in [-0.2, -0.15) is 0 Å². The van der Waals surface area contributed by atoms with Crippen molar-refractivity contribution in [2.45, 2.75) is 53.1 Å². The van der Waals surface area contributed by atoms with Gasteiger partial charge in [0.05, 0.1) is 12.0 Å². The fourth-order valence-corrected chi connectivity index (χ4v) is 2.12. The number of hydrogen-bond acceptors (Lipinski definition) is 2. The van der Waals surface area contributed by atoms with E-state index in [9.17, 15) is 9.90 Å². The maximum absolute atomic E-state index is 12.0. The van der Waals surface area contributed by atoms with Crippen LogP contribution >= 0.6 is 0 Å². The zero-order valence-corrected chi connectivity index (χ0v) is 13.3. The van der Waals surface area contributed by atoms with E-state index in [1.807, 2.05) is 45.9 Å². The lowest BCUT2D eigenvalue weighted by Crippen LogP contribution is -2.45. The molecule has 1 rings (SSSR count). The Hall–Kier alpha value is -1.35. The third-order valence-corrected chi connectivity index (χ3v) is 4.17. The first kappa shape index (κ1) is 16.7. The van der Waals surface area contributed by atoms with Crippen molar-refractivity contribution in [2.24, 2.45) is 5.92 Å². The number of rotatable bonds is 6. The van der Waals surface area contributed by atoms with Crippen LogP contribution in [0.3, 0.4) is 0 Å². The molecular weight excluding hydrogens is 250 g/mol. The van der Waals surface area contributed by atoms with Crippen molar-refractivity contribution in [1.82, 2.24) is 5.32 Å². The Labute approximate surface area is 122 Å². The molecule has 1 aromatic carbocycles. The maximum Gasteiger partial charge on any atom is 0.224 e. The van der Waals surface area contributed by atoms with Gasteiger partial charge in [-0.25, -0.2) is 0 Å². The second-order valence-electron chi connectivity index (χ2n) is 6.05. The van der Waals surface area contributed by atoms with Crippen molar-refractivity contribution in [3.8, 4) is 0 Å². The highest BCUT2D eigenvalue weighted by Gasteiger charge is 2.27. The zero-order chi connectivity index (χ0) is 15.3. The summed E-state index contributed by atoms with van der Waals surface area (Å²) in [5.74, 6) is 0.116. The lowest BCUT2D eigenvalue weighted by atomic mass is 9.88. The molecule has 0 fully saturated rings. The summed E-state index contributed by atoms with van der Waals surface area (Å²) in [7, 11) is 0. The average molecular weight is 277 g/mol. The lowest BCUT2D eigenvalue weighted by Gasteiger charge is -2.29. The van der Waals surface area contributed by atoms with E-state index in [4.69, 9.17) is 0 Å². The fraction of sp³-hybridized carbons (Fsp3) is 0.588. The molecule has 3 nitrogen and oxygen atoms in total. The Morgan fingerprint density at radius 2 is 2.05 bits per heavy atom. The topological polar surface area (TPSA) is 49.3 Å². The van der Waals surface area contributed by atoms with Crippen LogP contribution in [0.15, 0.2) is 18.2 Å². The smallest absolute Gasteiger partial charge is 0.224 e. The number of aryl methyl sites for hydroxylation is 2. The molecule has 0 aliphatic rings. The van der Waals surface area contributed by atoms with E-state index < -0.39 is 5.60 Å². The molecule has 0 saturated heterocycles. The van der Waals surface area contributed by atoms with Crippen LogP contribution in [0.4, 0.5) is 0 Å². The van der Waals surface area contributed by atoms with Crippen LogP contribution < -0.4 is 5.32 Å². The van der Waals surface area contributed by atoms with Crippen LogP contribution in [0.1, 0.15) is 43.9 Å². The summed E-state index contributed by atoms with van der Waals surface area (Å²) in [6, 6.07) is 6.12. The van der Waals surface area contributed by atoms with Gasteiger partial charge in [0.2, 0.25) is 5.91 Å². The van der Waals surface area contributed by atoms with E-state index in [-0.39, 0.29) is 11.8 Å².